The first-order valence-electron chi connectivity index (χ1n) is 5.82. The van der Waals surface area contributed by atoms with Gasteiger partial charge in [-0.25, -0.2) is 9.37 Å². The van der Waals surface area contributed by atoms with Crippen molar-refractivity contribution in [3.05, 3.63) is 53.2 Å². The highest BCUT2D eigenvalue weighted by molar-refractivity contribution is 7.20. The molecule has 19 heavy (non-hydrogen) atoms. The van der Waals surface area contributed by atoms with E-state index >= 15 is 0 Å². The zero-order valence-corrected chi connectivity index (χ0v) is 11.1. The maximum Gasteiger partial charge on any atom is 0.180 e. The van der Waals surface area contributed by atoms with Gasteiger partial charge in [0.25, 0.3) is 0 Å². The van der Waals surface area contributed by atoms with E-state index in [2.05, 4.69) is 4.98 Å². The molecular formula is C14H11FN2OS. The van der Waals surface area contributed by atoms with E-state index in [4.69, 9.17) is 0 Å². The minimum atomic E-state index is -0.280. The molecule has 96 valence electrons. The predicted molar refractivity (Wildman–Crippen MR) is 73.0 cm³/mol. The number of carbonyl (C=O) groups is 1. The van der Waals surface area contributed by atoms with Crippen molar-refractivity contribution < 1.29 is 9.18 Å². The first-order chi connectivity index (χ1) is 9.13. The van der Waals surface area contributed by atoms with Crippen molar-refractivity contribution in [1.29, 1.82) is 0 Å². The molecule has 0 aliphatic heterocycles. The number of benzene rings is 1. The highest BCUT2D eigenvalue weighted by atomic mass is 32.1. The number of aryl methyl sites for hydroxylation is 1. The Morgan fingerprint density at radius 3 is 3.00 bits per heavy atom. The van der Waals surface area contributed by atoms with Crippen LogP contribution in [0.4, 0.5) is 4.39 Å². The topological polar surface area (TPSA) is 34.9 Å². The van der Waals surface area contributed by atoms with E-state index in [9.17, 15) is 9.18 Å². The lowest BCUT2D eigenvalue weighted by molar-refractivity contribution is 0.0994. The largest absolute Gasteiger partial charge is 0.338 e. The molecule has 0 unspecified atom stereocenters. The summed E-state index contributed by atoms with van der Waals surface area (Å²) in [5.74, 6) is 0.460. The molecule has 0 N–H and O–H groups in total. The van der Waals surface area contributed by atoms with Crippen molar-refractivity contribution >= 4 is 27.2 Å². The molecule has 0 saturated heterocycles. The fraction of sp³-hybridized carbons (Fsp3) is 0.143. The number of thiophene rings is 1. The summed E-state index contributed by atoms with van der Waals surface area (Å²) >= 11 is 1.32. The third-order valence-corrected chi connectivity index (χ3v) is 4.14. The van der Waals surface area contributed by atoms with Gasteiger partial charge in [-0.2, -0.15) is 0 Å². The Morgan fingerprint density at radius 2 is 2.26 bits per heavy atom. The van der Waals surface area contributed by atoms with Crippen LogP contribution in [-0.2, 0) is 13.5 Å². The van der Waals surface area contributed by atoms with Gasteiger partial charge in [0.15, 0.2) is 5.78 Å². The first-order valence-corrected chi connectivity index (χ1v) is 6.63. The van der Waals surface area contributed by atoms with Crippen LogP contribution < -0.4 is 0 Å². The number of rotatable bonds is 3. The van der Waals surface area contributed by atoms with Gasteiger partial charge < -0.3 is 4.57 Å². The van der Waals surface area contributed by atoms with Crippen molar-refractivity contribution in [1.82, 2.24) is 9.55 Å². The number of halogens is 1. The maximum absolute atomic E-state index is 13.1. The average Bonchev–Trinajstić information content (AvgIpc) is 2.96. The van der Waals surface area contributed by atoms with E-state index in [1.165, 1.54) is 23.5 Å². The quantitative estimate of drug-likeness (QED) is 0.687. The van der Waals surface area contributed by atoms with Crippen molar-refractivity contribution in [2.75, 3.05) is 0 Å². The van der Waals surface area contributed by atoms with Crippen molar-refractivity contribution in [2.24, 2.45) is 7.05 Å². The molecule has 0 bridgehead atoms. The fourth-order valence-corrected chi connectivity index (χ4v) is 2.97. The summed E-state index contributed by atoms with van der Waals surface area (Å²) in [5.41, 5.74) is 0. The second-order valence-electron chi connectivity index (χ2n) is 4.35. The number of hydrogen-bond donors (Lipinski definition) is 0. The van der Waals surface area contributed by atoms with Crippen LogP contribution in [-0.4, -0.2) is 15.3 Å². The Kier molecular flexibility index (Phi) is 2.91. The van der Waals surface area contributed by atoms with Gasteiger partial charge in [0, 0.05) is 24.1 Å². The number of hydrogen-bond acceptors (Lipinski definition) is 3. The van der Waals surface area contributed by atoms with Crippen LogP contribution in [0.5, 0.6) is 0 Å². The van der Waals surface area contributed by atoms with Crippen LogP contribution in [0.3, 0.4) is 0 Å². The molecule has 3 nitrogen and oxygen atoms in total. The molecule has 2 aromatic heterocycles. The van der Waals surface area contributed by atoms with Crippen LogP contribution in [0, 0.1) is 5.82 Å². The second-order valence-corrected chi connectivity index (χ2v) is 5.43. The average molecular weight is 274 g/mol. The fourth-order valence-electron chi connectivity index (χ4n) is 1.94. The lowest BCUT2D eigenvalue weighted by Crippen LogP contribution is -2.06. The van der Waals surface area contributed by atoms with Gasteiger partial charge in [-0.15, -0.1) is 11.3 Å². The molecule has 3 rings (SSSR count). The number of aromatic nitrogens is 2. The zero-order chi connectivity index (χ0) is 13.4. The van der Waals surface area contributed by atoms with E-state index in [0.717, 1.165) is 15.9 Å². The van der Waals surface area contributed by atoms with Gasteiger partial charge in [0.05, 0.1) is 11.3 Å². The summed E-state index contributed by atoms with van der Waals surface area (Å²) in [6, 6.07) is 6.36. The molecule has 0 atom stereocenters. The van der Waals surface area contributed by atoms with Crippen molar-refractivity contribution in [3.8, 4) is 0 Å². The summed E-state index contributed by atoms with van der Waals surface area (Å²) in [4.78, 5) is 17.0. The van der Waals surface area contributed by atoms with Gasteiger partial charge in [-0.3, -0.25) is 4.79 Å². The smallest absolute Gasteiger partial charge is 0.180 e. The molecule has 0 saturated carbocycles. The monoisotopic (exact) mass is 274 g/mol. The molecule has 0 amide bonds. The zero-order valence-electron chi connectivity index (χ0n) is 10.3. The minimum absolute atomic E-state index is 0.0101. The Morgan fingerprint density at radius 1 is 1.42 bits per heavy atom. The molecular weight excluding hydrogens is 263 g/mol. The van der Waals surface area contributed by atoms with Crippen LogP contribution in [0.15, 0.2) is 36.7 Å². The Balaban J connectivity index is 1.91. The van der Waals surface area contributed by atoms with E-state index in [-0.39, 0.29) is 18.0 Å². The van der Waals surface area contributed by atoms with Gasteiger partial charge in [-0.1, -0.05) is 6.07 Å². The first kappa shape index (κ1) is 12.0. The predicted octanol–water partition coefficient (Wildman–Crippen LogP) is 3.20. The Labute approximate surface area is 113 Å². The van der Waals surface area contributed by atoms with Crippen LogP contribution in [0.25, 0.3) is 10.1 Å². The SMILES string of the molecule is Cn1ccnc1CC(=O)c1cc2ccc(F)cc2s1. The summed E-state index contributed by atoms with van der Waals surface area (Å²) in [6.45, 7) is 0. The molecule has 0 aliphatic carbocycles. The van der Waals surface area contributed by atoms with Gasteiger partial charge in [0.2, 0.25) is 0 Å². The molecule has 5 heteroatoms. The number of fused-ring (bicyclic) bond motifs is 1. The molecule has 0 aliphatic rings. The highest BCUT2D eigenvalue weighted by Gasteiger charge is 2.13. The van der Waals surface area contributed by atoms with Gasteiger partial charge >= 0.3 is 0 Å². The molecule has 0 radical (unpaired) electrons. The lowest BCUT2D eigenvalue weighted by atomic mass is 10.2. The highest BCUT2D eigenvalue weighted by Crippen LogP contribution is 2.27. The van der Waals surface area contributed by atoms with Gasteiger partial charge in [0.1, 0.15) is 11.6 Å². The number of ketones is 1. The molecule has 0 spiro atoms. The number of Topliss-reactive ketones (excluding diaryl/α,β-unsaturated/α-hetero) is 1. The molecule has 3 aromatic rings. The second kappa shape index (κ2) is 4.59. The van der Waals surface area contributed by atoms with E-state index in [1.807, 2.05) is 23.9 Å². The maximum atomic E-state index is 13.1. The third kappa shape index (κ3) is 2.29. The number of imidazole rings is 1. The summed E-state index contributed by atoms with van der Waals surface area (Å²) in [5, 5.41) is 0.898. The molecule has 2 heterocycles. The standard InChI is InChI=1S/C14H11FN2OS/c1-17-5-4-16-14(17)8-11(18)13-6-9-2-3-10(15)7-12(9)19-13/h2-7H,8H2,1H3. The van der Waals surface area contributed by atoms with E-state index < -0.39 is 0 Å². The summed E-state index contributed by atoms with van der Waals surface area (Å²) < 4.78 is 15.7. The van der Waals surface area contributed by atoms with Crippen molar-refractivity contribution in [2.45, 2.75) is 6.42 Å². The lowest BCUT2D eigenvalue weighted by Gasteiger charge is -1.98. The number of nitrogens with zero attached hydrogens (tertiary/aromatic N) is 2. The summed E-state index contributed by atoms with van der Waals surface area (Å²) in [7, 11) is 1.86. The van der Waals surface area contributed by atoms with Crippen molar-refractivity contribution in [3.63, 3.8) is 0 Å². The minimum Gasteiger partial charge on any atom is -0.338 e. The van der Waals surface area contributed by atoms with Crippen LogP contribution in [0.2, 0.25) is 0 Å². The van der Waals surface area contributed by atoms with Crippen LogP contribution >= 0.6 is 11.3 Å². The van der Waals surface area contributed by atoms with Gasteiger partial charge in [-0.05, 0) is 23.6 Å². The third-order valence-electron chi connectivity index (χ3n) is 3.00. The summed E-state index contributed by atoms with van der Waals surface area (Å²) in [6.07, 6.45) is 3.74. The molecule has 0 fully saturated rings. The van der Waals surface area contributed by atoms with E-state index in [0.29, 0.717) is 4.88 Å². The van der Waals surface area contributed by atoms with Crippen LogP contribution in [0.1, 0.15) is 15.5 Å². The number of carbonyl (C=O) groups excluding carboxylic acids is 1. The molecule has 1 aromatic carbocycles. The Bertz CT molecular complexity index is 760. The van der Waals surface area contributed by atoms with E-state index in [1.54, 1.807) is 12.3 Å². The Hall–Kier alpha value is -2.01. The normalized spacial score (nSPS) is 11.1.